The van der Waals surface area contributed by atoms with Crippen LogP contribution in [0.2, 0.25) is 0 Å². The van der Waals surface area contributed by atoms with Crippen molar-refractivity contribution in [2.45, 2.75) is 38.0 Å². The number of rotatable bonds is 4. The Morgan fingerprint density at radius 1 is 1.30 bits per heavy atom. The van der Waals surface area contributed by atoms with Crippen LogP contribution in [-0.4, -0.2) is 20.9 Å². The molecular formula is C14H20N2O3S. The molecule has 1 aromatic rings. The van der Waals surface area contributed by atoms with Crippen LogP contribution in [-0.2, 0) is 21.2 Å². The summed E-state index contributed by atoms with van der Waals surface area (Å²) in [6.45, 7) is 4.32. The first kappa shape index (κ1) is 15.0. The fourth-order valence-electron chi connectivity index (χ4n) is 2.08. The minimum Gasteiger partial charge on any atom is -0.326 e. The van der Waals surface area contributed by atoms with Crippen LogP contribution in [0.15, 0.2) is 23.1 Å². The Balaban J connectivity index is 2.26. The Labute approximate surface area is 119 Å². The highest BCUT2D eigenvalue weighted by Gasteiger charge is 2.18. The van der Waals surface area contributed by atoms with E-state index in [1.807, 2.05) is 13.8 Å². The number of amides is 1. The van der Waals surface area contributed by atoms with Crippen molar-refractivity contribution in [2.24, 2.45) is 5.92 Å². The van der Waals surface area contributed by atoms with E-state index < -0.39 is 10.0 Å². The molecule has 1 aliphatic heterocycles. The molecule has 0 unspecified atom stereocenters. The number of anilines is 1. The van der Waals surface area contributed by atoms with Gasteiger partial charge in [0.15, 0.2) is 0 Å². The number of sulfonamides is 1. The quantitative estimate of drug-likeness (QED) is 0.891. The summed E-state index contributed by atoms with van der Waals surface area (Å²) in [7, 11) is -3.48. The summed E-state index contributed by atoms with van der Waals surface area (Å²) in [5.41, 5.74) is 1.60. The Bertz CT molecular complexity index is 609. The van der Waals surface area contributed by atoms with Gasteiger partial charge in [-0.2, -0.15) is 0 Å². The summed E-state index contributed by atoms with van der Waals surface area (Å²) in [4.78, 5) is 11.7. The van der Waals surface area contributed by atoms with Crippen LogP contribution >= 0.6 is 0 Å². The van der Waals surface area contributed by atoms with Crippen LogP contribution in [0.4, 0.5) is 5.69 Å². The number of carbonyl (C=O) groups is 1. The average molecular weight is 296 g/mol. The number of hydrogen-bond acceptors (Lipinski definition) is 3. The maximum Gasteiger partial charge on any atom is 0.240 e. The lowest BCUT2D eigenvalue weighted by molar-refractivity contribution is -0.116. The lowest BCUT2D eigenvalue weighted by Crippen LogP contribution is -2.27. The van der Waals surface area contributed by atoms with Crippen molar-refractivity contribution >= 4 is 21.6 Å². The summed E-state index contributed by atoms with van der Waals surface area (Å²) >= 11 is 0. The number of aryl methyl sites for hydroxylation is 1. The molecule has 0 saturated heterocycles. The van der Waals surface area contributed by atoms with E-state index in [-0.39, 0.29) is 16.7 Å². The number of benzene rings is 1. The molecule has 0 aromatic heterocycles. The highest BCUT2D eigenvalue weighted by molar-refractivity contribution is 7.89. The molecule has 0 fully saturated rings. The van der Waals surface area contributed by atoms with Crippen LogP contribution in [0, 0.1) is 5.92 Å². The van der Waals surface area contributed by atoms with Gasteiger partial charge >= 0.3 is 0 Å². The minimum absolute atomic E-state index is 0.0164. The molecule has 0 saturated carbocycles. The number of carbonyl (C=O) groups excluding carboxylic acids is 1. The maximum atomic E-state index is 12.2. The summed E-state index contributed by atoms with van der Waals surface area (Å²) in [6.07, 6.45) is 1.92. The number of nitrogens with one attached hydrogen (secondary N) is 2. The van der Waals surface area contributed by atoms with Crippen molar-refractivity contribution in [3.63, 3.8) is 0 Å². The van der Waals surface area contributed by atoms with Crippen molar-refractivity contribution in [1.82, 2.24) is 4.72 Å². The van der Waals surface area contributed by atoms with E-state index in [4.69, 9.17) is 0 Å². The highest BCUT2D eigenvalue weighted by atomic mass is 32.2. The molecule has 2 rings (SSSR count). The van der Waals surface area contributed by atoms with Gasteiger partial charge in [0.25, 0.3) is 0 Å². The third-order valence-corrected chi connectivity index (χ3v) is 4.61. The van der Waals surface area contributed by atoms with Gasteiger partial charge in [-0.15, -0.1) is 0 Å². The molecule has 1 amide bonds. The Kier molecular flexibility index (Phi) is 4.45. The molecule has 110 valence electrons. The average Bonchev–Trinajstić information content (AvgIpc) is 2.56. The largest absolute Gasteiger partial charge is 0.326 e. The SMILES string of the molecule is CC(C)CNS(=O)(=O)c1ccc2c(c1)CCCC(=O)N2. The predicted molar refractivity (Wildman–Crippen MR) is 78.0 cm³/mol. The molecular weight excluding hydrogens is 276 g/mol. The Hall–Kier alpha value is -1.40. The van der Waals surface area contributed by atoms with E-state index in [0.29, 0.717) is 19.4 Å². The van der Waals surface area contributed by atoms with E-state index in [1.165, 1.54) is 6.07 Å². The summed E-state index contributed by atoms with van der Waals surface area (Å²) < 4.78 is 26.9. The van der Waals surface area contributed by atoms with Crippen molar-refractivity contribution in [2.75, 3.05) is 11.9 Å². The lowest BCUT2D eigenvalue weighted by atomic mass is 10.1. The standard InChI is InChI=1S/C14H20N2O3S/c1-10(2)9-15-20(18,19)12-6-7-13-11(8-12)4-3-5-14(17)16-13/h6-8,10,15H,3-5,9H2,1-2H3,(H,16,17). The monoisotopic (exact) mass is 296 g/mol. The van der Waals surface area contributed by atoms with Crippen LogP contribution in [0.3, 0.4) is 0 Å². The van der Waals surface area contributed by atoms with Gasteiger partial charge in [0.2, 0.25) is 15.9 Å². The Morgan fingerprint density at radius 2 is 2.05 bits per heavy atom. The zero-order valence-corrected chi connectivity index (χ0v) is 12.6. The molecule has 6 heteroatoms. The fraction of sp³-hybridized carbons (Fsp3) is 0.500. The van der Waals surface area contributed by atoms with Gasteiger partial charge in [-0.3, -0.25) is 4.79 Å². The van der Waals surface area contributed by atoms with Crippen molar-refractivity contribution < 1.29 is 13.2 Å². The zero-order valence-electron chi connectivity index (χ0n) is 11.8. The molecule has 5 nitrogen and oxygen atoms in total. The van der Waals surface area contributed by atoms with Crippen molar-refractivity contribution in [3.8, 4) is 0 Å². The van der Waals surface area contributed by atoms with Gasteiger partial charge in [-0.05, 0) is 42.5 Å². The molecule has 0 radical (unpaired) electrons. The first-order valence-corrected chi connectivity index (χ1v) is 8.29. The zero-order chi connectivity index (χ0) is 14.8. The first-order valence-electron chi connectivity index (χ1n) is 6.81. The second-order valence-electron chi connectivity index (χ2n) is 5.47. The third-order valence-electron chi connectivity index (χ3n) is 3.19. The van der Waals surface area contributed by atoms with Crippen LogP contribution in [0.5, 0.6) is 0 Å². The maximum absolute atomic E-state index is 12.2. The second-order valence-corrected chi connectivity index (χ2v) is 7.23. The van der Waals surface area contributed by atoms with Gasteiger partial charge in [0, 0.05) is 18.7 Å². The van der Waals surface area contributed by atoms with E-state index >= 15 is 0 Å². The first-order chi connectivity index (χ1) is 9.38. The molecule has 2 N–H and O–H groups in total. The van der Waals surface area contributed by atoms with Crippen LogP contribution in [0.1, 0.15) is 32.3 Å². The van der Waals surface area contributed by atoms with E-state index in [0.717, 1.165) is 17.7 Å². The summed E-state index contributed by atoms with van der Waals surface area (Å²) in [6, 6.07) is 4.86. The Morgan fingerprint density at radius 3 is 2.75 bits per heavy atom. The summed E-state index contributed by atoms with van der Waals surface area (Å²) in [5.74, 6) is 0.238. The number of hydrogen-bond donors (Lipinski definition) is 2. The third kappa shape index (κ3) is 3.58. The smallest absolute Gasteiger partial charge is 0.240 e. The van der Waals surface area contributed by atoms with Crippen molar-refractivity contribution in [3.05, 3.63) is 23.8 Å². The van der Waals surface area contributed by atoms with Gasteiger partial charge in [-0.1, -0.05) is 13.8 Å². The molecule has 20 heavy (non-hydrogen) atoms. The normalized spacial score (nSPS) is 15.7. The fourth-order valence-corrected chi connectivity index (χ4v) is 3.34. The van der Waals surface area contributed by atoms with Crippen LogP contribution in [0.25, 0.3) is 0 Å². The van der Waals surface area contributed by atoms with Gasteiger partial charge in [0.1, 0.15) is 0 Å². The second kappa shape index (κ2) is 5.93. The van der Waals surface area contributed by atoms with Crippen molar-refractivity contribution in [1.29, 1.82) is 0 Å². The summed E-state index contributed by atoms with van der Waals surface area (Å²) in [5, 5.41) is 2.80. The molecule has 1 aliphatic rings. The van der Waals surface area contributed by atoms with E-state index in [9.17, 15) is 13.2 Å². The van der Waals surface area contributed by atoms with E-state index in [2.05, 4.69) is 10.0 Å². The topological polar surface area (TPSA) is 75.3 Å². The van der Waals surface area contributed by atoms with Gasteiger partial charge < -0.3 is 5.32 Å². The molecule has 0 spiro atoms. The number of fused-ring (bicyclic) bond motifs is 1. The van der Waals surface area contributed by atoms with Gasteiger partial charge in [0.05, 0.1) is 4.90 Å². The molecule has 1 heterocycles. The molecule has 1 aromatic carbocycles. The predicted octanol–water partition coefficient (Wildman–Crippen LogP) is 1.90. The van der Waals surface area contributed by atoms with Gasteiger partial charge in [-0.25, -0.2) is 13.1 Å². The molecule has 0 atom stereocenters. The van der Waals surface area contributed by atoms with E-state index in [1.54, 1.807) is 12.1 Å². The minimum atomic E-state index is -3.48. The lowest BCUT2D eigenvalue weighted by Gasteiger charge is -2.12. The molecule has 0 bridgehead atoms. The molecule has 0 aliphatic carbocycles. The highest BCUT2D eigenvalue weighted by Crippen LogP contribution is 2.25. The van der Waals surface area contributed by atoms with Crippen LogP contribution < -0.4 is 10.0 Å².